The molecule has 120 valence electrons. The summed E-state index contributed by atoms with van der Waals surface area (Å²) in [7, 11) is 1.64. The van der Waals surface area contributed by atoms with Gasteiger partial charge in [-0.2, -0.15) is 0 Å². The number of para-hydroxylation sites is 1. The molecule has 2 aliphatic heterocycles. The third kappa shape index (κ3) is 3.42. The lowest BCUT2D eigenvalue weighted by Crippen LogP contribution is -2.48. The highest BCUT2D eigenvalue weighted by Gasteiger charge is 2.22. The number of rotatable bonds is 5. The molecule has 1 aromatic rings. The van der Waals surface area contributed by atoms with Crippen LogP contribution in [0, 0.1) is 0 Å². The number of anilines is 1. The van der Waals surface area contributed by atoms with Crippen LogP contribution < -0.4 is 5.32 Å². The largest absolute Gasteiger partial charge is 0.384 e. The van der Waals surface area contributed by atoms with E-state index in [0.717, 1.165) is 45.7 Å². The average Bonchev–Trinajstić information content (AvgIpc) is 3.03. The van der Waals surface area contributed by atoms with Crippen LogP contribution in [0.25, 0.3) is 0 Å². The number of amides is 1. The van der Waals surface area contributed by atoms with Gasteiger partial charge in [-0.05, 0) is 17.5 Å². The van der Waals surface area contributed by atoms with E-state index < -0.39 is 0 Å². The first-order valence-corrected chi connectivity index (χ1v) is 8.11. The van der Waals surface area contributed by atoms with Gasteiger partial charge in [0.15, 0.2) is 0 Å². The molecule has 1 N–H and O–H groups in total. The van der Waals surface area contributed by atoms with Gasteiger partial charge in [-0.25, -0.2) is 0 Å². The van der Waals surface area contributed by atoms with Crippen molar-refractivity contribution in [3.8, 4) is 0 Å². The van der Waals surface area contributed by atoms with Gasteiger partial charge in [0.2, 0.25) is 5.91 Å². The lowest BCUT2D eigenvalue weighted by atomic mass is 10.1. The summed E-state index contributed by atoms with van der Waals surface area (Å²) in [4.78, 5) is 16.4. The van der Waals surface area contributed by atoms with Gasteiger partial charge in [0.1, 0.15) is 0 Å². The van der Waals surface area contributed by atoms with Crippen LogP contribution in [0.4, 0.5) is 5.69 Å². The first-order chi connectivity index (χ1) is 10.8. The third-order valence-electron chi connectivity index (χ3n) is 4.57. The molecule has 0 radical (unpaired) electrons. The number of nitrogens with one attached hydrogen (secondary N) is 1. The van der Waals surface area contributed by atoms with Gasteiger partial charge in [0.05, 0.1) is 13.0 Å². The summed E-state index contributed by atoms with van der Waals surface area (Å²) in [5.41, 5.74) is 4.15. The van der Waals surface area contributed by atoms with Crippen LogP contribution >= 0.6 is 0 Å². The van der Waals surface area contributed by atoms with Crippen LogP contribution in [-0.4, -0.2) is 62.1 Å². The summed E-state index contributed by atoms with van der Waals surface area (Å²) in [5, 5.41) is 3.50. The summed E-state index contributed by atoms with van der Waals surface area (Å²) in [6.45, 7) is 6.08. The number of ether oxygens (including phenoxy) is 1. The van der Waals surface area contributed by atoms with Crippen molar-refractivity contribution in [2.75, 3.05) is 51.8 Å². The zero-order chi connectivity index (χ0) is 15.4. The number of benzene rings is 1. The highest BCUT2D eigenvalue weighted by Crippen LogP contribution is 2.27. The number of nitrogens with zero attached hydrogens (tertiary/aromatic N) is 2. The van der Waals surface area contributed by atoms with Gasteiger partial charge in [0.25, 0.3) is 0 Å². The lowest BCUT2D eigenvalue weighted by molar-refractivity contribution is -0.133. The molecule has 2 heterocycles. The van der Waals surface area contributed by atoms with E-state index in [2.05, 4.69) is 28.4 Å². The summed E-state index contributed by atoms with van der Waals surface area (Å²) >= 11 is 0. The summed E-state index contributed by atoms with van der Waals surface area (Å²) in [6, 6.07) is 6.59. The Hall–Kier alpha value is -1.59. The maximum atomic E-state index is 12.0. The number of methoxy groups -OCH3 is 1. The molecule has 0 spiro atoms. The Labute approximate surface area is 132 Å². The lowest BCUT2D eigenvalue weighted by Gasteiger charge is -2.35. The number of piperazine rings is 1. The first-order valence-electron chi connectivity index (χ1n) is 8.11. The Morgan fingerprint density at radius 1 is 1.27 bits per heavy atom. The van der Waals surface area contributed by atoms with E-state index in [9.17, 15) is 4.79 Å². The molecule has 5 heteroatoms. The van der Waals surface area contributed by atoms with Gasteiger partial charge in [-0.15, -0.1) is 0 Å². The number of hydrogen-bond acceptors (Lipinski definition) is 4. The molecule has 1 aromatic carbocycles. The zero-order valence-electron chi connectivity index (χ0n) is 13.3. The predicted octanol–water partition coefficient (Wildman–Crippen LogP) is 1.34. The van der Waals surface area contributed by atoms with Gasteiger partial charge in [-0.1, -0.05) is 18.2 Å². The Balaban J connectivity index is 1.52. The van der Waals surface area contributed by atoms with Crippen LogP contribution in [0.5, 0.6) is 0 Å². The number of carbonyl (C=O) groups is 1. The average molecular weight is 303 g/mol. The Morgan fingerprint density at radius 2 is 2.09 bits per heavy atom. The van der Waals surface area contributed by atoms with E-state index in [1.165, 1.54) is 16.8 Å². The highest BCUT2D eigenvalue weighted by atomic mass is 16.5. The molecule has 0 bridgehead atoms. The first kappa shape index (κ1) is 15.3. The summed E-state index contributed by atoms with van der Waals surface area (Å²) < 4.78 is 4.98. The maximum Gasteiger partial charge on any atom is 0.224 e. The molecule has 2 aliphatic rings. The smallest absolute Gasteiger partial charge is 0.224 e. The van der Waals surface area contributed by atoms with E-state index in [4.69, 9.17) is 4.74 Å². The van der Waals surface area contributed by atoms with Crippen molar-refractivity contribution >= 4 is 11.6 Å². The van der Waals surface area contributed by atoms with Crippen LogP contribution in [0.1, 0.15) is 17.5 Å². The van der Waals surface area contributed by atoms with Crippen LogP contribution in [0.15, 0.2) is 18.2 Å². The summed E-state index contributed by atoms with van der Waals surface area (Å²) in [5.74, 6) is 0.212. The fraction of sp³-hybridized carbons (Fsp3) is 0.588. The quantitative estimate of drug-likeness (QED) is 0.891. The van der Waals surface area contributed by atoms with Crippen molar-refractivity contribution in [3.05, 3.63) is 29.3 Å². The Kier molecular flexibility index (Phi) is 4.95. The molecule has 1 fully saturated rings. The van der Waals surface area contributed by atoms with Crippen LogP contribution in [0.3, 0.4) is 0 Å². The molecule has 0 saturated carbocycles. The van der Waals surface area contributed by atoms with Crippen molar-refractivity contribution in [1.29, 1.82) is 0 Å². The number of hydrogen-bond donors (Lipinski definition) is 1. The van der Waals surface area contributed by atoms with Gasteiger partial charge in [-0.3, -0.25) is 9.69 Å². The molecule has 0 atom stereocenters. The third-order valence-corrected chi connectivity index (χ3v) is 4.57. The molecule has 5 nitrogen and oxygen atoms in total. The minimum absolute atomic E-state index is 0.212. The van der Waals surface area contributed by atoms with Crippen molar-refractivity contribution in [2.45, 2.75) is 19.4 Å². The fourth-order valence-corrected chi connectivity index (χ4v) is 3.29. The molecule has 3 rings (SSSR count). The topological polar surface area (TPSA) is 44.8 Å². The zero-order valence-corrected chi connectivity index (χ0v) is 13.3. The van der Waals surface area contributed by atoms with Crippen molar-refractivity contribution in [1.82, 2.24) is 9.80 Å². The molecule has 22 heavy (non-hydrogen) atoms. The van der Waals surface area contributed by atoms with Gasteiger partial charge < -0.3 is 15.0 Å². The monoisotopic (exact) mass is 303 g/mol. The number of carbonyl (C=O) groups excluding carboxylic acids is 1. The normalized spacial score (nSPS) is 18.1. The van der Waals surface area contributed by atoms with Gasteiger partial charge in [0, 0.05) is 52.1 Å². The second kappa shape index (κ2) is 7.11. The van der Waals surface area contributed by atoms with Crippen molar-refractivity contribution in [3.63, 3.8) is 0 Å². The van der Waals surface area contributed by atoms with Crippen LogP contribution in [-0.2, 0) is 22.5 Å². The molecule has 0 unspecified atom stereocenters. The fourth-order valence-electron chi connectivity index (χ4n) is 3.29. The van der Waals surface area contributed by atoms with Gasteiger partial charge >= 0.3 is 0 Å². The second-order valence-corrected chi connectivity index (χ2v) is 6.03. The van der Waals surface area contributed by atoms with Crippen molar-refractivity contribution in [2.24, 2.45) is 0 Å². The van der Waals surface area contributed by atoms with E-state index in [0.29, 0.717) is 13.0 Å². The van der Waals surface area contributed by atoms with Crippen molar-refractivity contribution < 1.29 is 9.53 Å². The molecular formula is C17H25N3O2. The van der Waals surface area contributed by atoms with Crippen LogP contribution in [0.2, 0.25) is 0 Å². The van der Waals surface area contributed by atoms with E-state index in [1.807, 2.05) is 4.90 Å². The molecule has 0 aromatic heterocycles. The maximum absolute atomic E-state index is 12.0. The molecule has 1 saturated heterocycles. The van der Waals surface area contributed by atoms with E-state index in [-0.39, 0.29) is 5.91 Å². The molecule has 0 aliphatic carbocycles. The SMILES string of the molecule is COCCC(=O)N1CCN(Cc2cccc3c2NCC3)CC1. The van der Waals surface area contributed by atoms with E-state index in [1.54, 1.807) is 7.11 Å². The second-order valence-electron chi connectivity index (χ2n) is 6.03. The Morgan fingerprint density at radius 3 is 2.86 bits per heavy atom. The molecular weight excluding hydrogens is 278 g/mol. The Bertz CT molecular complexity index is 525. The minimum atomic E-state index is 0.212. The number of fused-ring (bicyclic) bond motifs is 1. The molecule has 1 amide bonds. The standard InChI is InChI=1S/C17H25N3O2/c1-22-12-6-16(21)20-10-8-19(9-11-20)13-15-4-2-3-14-5-7-18-17(14)15/h2-4,18H,5-13H2,1H3. The highest BCUT2D eigenvalue weighted by molar-refractivity contribution is 5.76. The summed E-state index contributed by atoms with van der Waals surface area (Å²) in [6.07, 6.45) is 1.62. The predicted molar refractivity (Wildman–Crippen MR) is 87.0 cm³/mol. The minimum Gasteiger partial charge on any atom is -0.384 e. The van der Waals surface area contributed by atoms with E-state index >= 15 is 0 Å².